The van der Waals surface area contributed by atoms with Gasteiger partial charge >= 0.3 is 0 Å². The van der Waals surface area contributed by atoms with E-state index in [9.17, 15) is 4.79 Å². The molecule has 2 nitrogen and oxygen atoms in total. The topological polar surface area (TPSA) is 43.1 Å². The summed E-state index contributed by atoms with van der Waals surface area (Å²) in [5, 5.41) is 0. The number of ketones is 1. The first-order valence-electron chi connectivity index (χ1n) is 8.51. The van der Waals surface area contributed by atoms with Crippen LogP contribution in [0, 0.1) is 20.8 Å². The lowest BCUT2D eigenvalue weighted by Gasteiger charge is -2.21. The second-order valence-electron chi connectivity index (χ2n) is 6.54. The summed E-state index contributed by atoms with van der Waals surface area (Å²) in [5.74, 6) is -0.235. The number of benzene rings is 3. The van der Waals surface area contributed by atoms with Crippen LogP contribution in [0.1, 0.15) is 44.1 Å². The zero-order valence-electron chi connectivity index (χ0n) is 14.9. The van der Waals surface area contributed by atoms with E-state index in [1.165, 1.54) is 0 Å². The molecule has 0 aromatic heterocycles. The summed E-state index contributed by atoms with van der Waals surface area (Å²) in [5.41, 5.74) is 12.5. The fraction of sp³-hybridized carbons (Fsp3) is 0.174. The largest absolute Gasteiger partial charge is 0.398 e. The minimum atomic E-state index is -0.332. The normalized spacial score (nSPS) is 10.9. The molecule has 0 unspecified atom stereocenters. The molecule has 0 aliphatic carbocycles. The van der Waals surface area contributed by atoms with Crippen LogP contribution in [0.3, 0.4) is 0 Å². The molecule has 2 heteroatoms. The van der Waals surface area contributed by atoms with Gasteiger partial charge in [0.15, 0.2) is 5.78 Å². The zero-order chi connectivity index (χ0) is 18.0. The van der Waals surface area contributed by atoms with E-state index in [2.05, 4.69) is 0 Å². The number of nitrogen functional groups attached to an aromatic ring is 1. The summed E-state index contributed by atoms with van der Waals surface area (Å²) in [7, 11) is 0. The molecule has 0 atom stereocenters. The number of nitrogens with two attached hydrogens (primary N) is 1. The van der Waals surface area contributed by atoms with Crippen molar-refractivity contribution in [3.8, 4) is 0 Å². The van der Waals surface area contributed by atoms with Crippen molar-refractivity contribution < 1.29 is 4.79 Å². The van der Waals surface area contributed by atoms with Gasteiger partial charge in [-0.1, -0.05) is 66.7 Å². The number of aryl methyl sites for hydroxylation is 2. The Morgan fingerprint density at radius 1 is 0.800 bits per heavy atom. The molecule has 0 saturated carbocycles. The van der Waals surface area contributed by atoms with Crippen LogP contribution in [0.5, 0.6) is 0 Å². The second kappa shape index (κ2) is 6.94. The highest BCUT2D eigenvalue weighted by Crippen LogP contribution is 2.33. The molecule has 3 rings (SSSR count). The summed E-state index contributed by atoms with van der Waals surface area (Å²) in [6, 6.07) is 21.9. The standard InChI is InChI=1S/C23H23NO/c1-15-14-16(2)22(24)17(3)20(15)23(25)21(18-10-6-4-7-11-18)19-12-8-5-9-13-19/h4-14,21H,24H2,1-3H3. The third-order valence-corrected chi connectivity index (χ3v) is 4.81. The number of anilines is 1. The van der Waals surface area contributed by atoms with Gasteiger partial charge in [0.2, 0.25) is 0 Å². The molecular weight excluding hydrogens is 306 g/mol. The molecule has 0 radical (unpaired) electrons. The van der Waals surface area contributed by atoms with Gasteiger partial charge in [0.1, 0.15) is 0 Å². The first-order chi connectivity index (χ1) is 12.0. The predicted molar refractivity (Wildman–Crippen MR) is 104 cm³/mol. The Labute approximate surface area is 149 Å². The molecule has 0 heterocycles. The molecule has 0 aliphatic rings. The number of carbonyl (C=O) groups is 1. The van der Waals surface area contributed by atoms with Crippen LogP contribution in [-0.4, -0.2) is 5.78 Å². The Hall–Kier alpha value is -2.87. The van der Waals surface area contributed by atoms with Crippen LogP contribution < -0.4 is 5.73 Å². The van der Waals surface area contributed by atoms with Crippen molar-refractivity contribution in [2.24, 2.45) is 0 Å². The van der Waals surface area contributed by atoms with Crippen molar-refractivity contribution in [2.45, 2.75) is 26.7 Å². The van der Waals surface area contributed by atoms with Crippen molar-refractivity contribution in [3.05, 3.63) is 100 Å². The van der Waals surface area contributed by atoms with Gasteiger partial charge in [0, 0.05) is 11.3 Å². The van der Waals surface area contributed by atoms with E-state index in [4.69, 9.17) is 5.73 Å². The van der Waals surface area contributed by atoms with E-state index < -0.39 is 0 Å². The Balaban J connectivity index is 2.19. The van der Waals surface area contributed by atoms with Gasteiger partial charge in [0.05, 0.1) is 5.92 Å². The average molecular weight is 329 g/mol. The van der Waals surface area contributed by atoms with E-state index in [0.717, 1.165) is 33.4 Å². The minimum absolute atomic E-state index is 0.0964. The van der Waals surface area contributed by atoms with Crippen LogP contribution in [0.2, 0.25) is 0 Å². The lowest BCUT2D eigenvalue weighted by molar-refractivity contribution is 0.0972. The van der Waals surface area contributed by atoms with Gasteiger partial charge in [-0.15, -0.1) is 0 Å². The summed E-state index contributed by atoms with van der Waals surface area (Å²) >= 11 is 0. The van der Waals surface area contributed by atoms with Gasteiger partial charge in [-0.05, 0) is 48.6 Å². The van der Waals surface area contributed by atoms with E-state index in [0.29, 0.717) is 5.69 Å². The van der Waals surface area contributed by atoms with Crippen molar-refractivity contribution in [3.63, 3.8) is 0 Å². The average Bonchev–Trinajstić information content (AvgIpc) is 2.62. The minimum Gasteiger partial charge on any atom is -0.398 e. The maximum atomic E-state index is 13.6. The fourth-order valence-electron chi connectivity index (χ4n) is 3.51. The Morgan fingerprint density at radius 2 is 1.28 bits per heavy atom. The van der Waals surface area contributed by atoms with Crippen LogP contribution in [0.4, 0.5) is 5.69 Å². The lowest BCUT2D eigenvalue weighted by Crippen LogP contribution is -2.18. The highest BCUT2D eigenvalue weighted by Gasteiger charge is 2.27. The fourth-order valence-corrected chi connectivity index (χ4v) is 3.51. The number of rotatable bonds is 4. The molecule has 0 spiro atoms. The quantitative estimate of drug-likeness (QED) is 0.527. The van der Waals surface area contributed by atoms with Gasteiger partial charge < -0.3 is 5.73 Å². The summed E-state index contributed by atoms with van der Waals surface area (Å²) < 4.78 is 0. The number of hydrogen-bond acceptors (Lipinski definition) is 2. The molecule has 126 valence electrons. The molecule has 0 saturated heterocycles. The second-order valence-corrected chi connectivity index (χ2v) is 6.54. The number of carbonyl (C=O) groups excluding carboxylic acids is 1. The lowest BCUT2D eigenvalue weighted by atomic mass is 9.81. The van der Waals surface area contributed by atoms with Crippen molar-refractivity contribution >= 4 is 11.5 Å². The molecule has 0 fully saturated rings. The smallest absolute Gasteiger partial charge is 0.175 e. The van der Waals surface area contributed by atoms with E-state index in [-0.39, 0.29) is 11.7 Å². The van der Waals surface area contributed by atoms with Crippen LogP contribution in [-0.2, 0) is 0 Å². The third-order valence-electron chi connectivity index (χ3n) is 4.81. The molecule has 0 amide bonds. The number of hydrogen-bond donors (Lipinski definition) is 1. The Bertz CT molecular complexity index is 859. The summed E-state index contributed by atoms with van der Waals surface area (Å²) in [6.45, 7) is 5.91. The Kier molecular flexibility index (Phi) is 4.71. The maximum absolute atomic E-state index is 13.6. The number of Topliss-reactive ketones (excluding diaryl/α,β-unsaturated/α-hetero) is 1. The van der Waals surface area contributed by atoms with Crippen LogP contribution in [0.25, 0.3) is 0 Å². The van der Waals surface area contributed by atoms with Gasteiger partial charge in [-0.25, -0.2) is 0 Å². The molecule has 0 bridgehead atoms. The summed E-state index contributed by atoms with van der Waals surface area (Å²) in [4.78, 5) is 13.6. The van der Waals surface area contributed by atoms with Crippen LogP contribution >= 0.6 is 0 Å². The predicted octanol–water partition coefficient (Wildman–Crippen LogP) is 5.21. The maximum Gasteiger partial charge on any atom is 0.175 e. The first-order valence-corrected chi connectivity index (χ1v) is 8.51. The van der Waals surface area contributed by atoms with Crippen molar-refractivity contribution in [1.82, 2.24) is 0 Å². The molecular formula is C23H23NO. The first kappa shape index (κ1) is 17.0. The SMILES string of the molecule is Cc1cc(C)c(C(=O)C(c2ccccc2)c2ccccc2)c(C)c1N. The molecule has 2 N–H and O–H groups in total. The van der Waals surface area contributed by atoms with Crippen LogP contribution in [0.15, 0.2) is 66.7 Å². The zero-order valence-corrected chi connectivity index (χ0v) is 14.9. The molecule has 3 aromatic rings. The molecule has 25 heavy (non-hydrogen) atoms. The van der Waals surface area contributed by atoms with E-state index in [1.54, 1.807) is 0 Å². The van der Waals surface area contributed by atoms with Gasteiger partial charge in [0.25, 0.3) is 0 Å². The Morgan fingerprint density at radius 3 is 1.76 bits per heavy atom. The van der Waals surface area contributed by atoms with Gasteiger partial charge in [-0.3, -0.25) is 4.79 Å². The van der Waals surface area contributed by atoms with Crippen molar-refractivity contribution in [1.29, 1.82) is 0 Å². The molecule has 0 aliphatic heterocycles. The highest BCUT2D eigenvalue weighted by molar-refractivity contribution is 6.06. The summed E-state index contributed by atoms with van der Waals surface area (Å²) in [6.07, 6.45) is 0. The van der Waals surface area contributed by atoms with Gasteiger partial charge in [-0.2, -0.15) is 0 Å². The highest BCUT2D eigenvalue weighted by atomic mass is 16.1. The third kappa shape index (κ3) is 3.20. The molecule has 3 aromatic carbocycles. The van der Waals surface area contributed by atoms with Crippen molar-refractivity contribution in [2.75, 3.05) is 5.73 Å². The monoisotopic (exact) mass is 329 g/mol. The van der Waals surface area contributed by atoms with E-state index >= 15 is 0 Å². The van der Waals surface area contributed by atoms with E-state index in [1.807, 2.05) is 87.5 Å².